The van der Waals surface area contributed by atoms with Gasteiger partial charge in [-0.2, -0.15) is 0 Å². The molecule has 0 saturated heterocycles. The third-order valence-corrected chi connectivity index (χ3v) is 5.35. The third kappa shape index (κ3) is 4.49. The summed E-state index contributed by atoms with van der Waals surface area (Å²) in [4.78, 5) is 36.5. The third-order valence-electron chi connectivity index (χ3n) is 4.28. The second kappa shape index (κ2) is 8.38. The average Bonchev–Trinajstić information content (AvgIpc) is 3.16. The monoisotopic (exact) mass is 418 g/mol. The predicted octanol–water partition coefficient (Wildman–Crippen LogP) is 4.17. The lowest BCUT2D eigenvalue weighted by Crippen LogP contribution is -2.21. The molecule has 1 amide bonds. The standard InChI is InChI=1S/C22H18N4O3S/c1-13-3-8-17-19(9-13)30-21(26-17)15-4-6-16(7-5-15)25-20(27)12-29-22(28)18-11-23-14(2)10-24-18/h3-11H,12H2,1-2H3,(H,25,27). The maximum Gasteiger partial charge on any atom is 0.359 e. The molecule has 0 unspecified atom stereocenters. The Morgan fingerprint density at radius 2 is 1.83 bits per heavy atom. The van der Waals surface area contributed by atoms with Gasteiger partial charge in [0.2, 0.25) is 0 Å². The number of hydrogen-bond donors (Lipinski definition) is 1. The van der Waals surface area contributed by atoms with Gasteiger partial charge in [-0.25, -0.2) is 14.8 Å². The van der Waals surface area contributed by atoms with E-state index in [0.717, 1.165) is 20.8 Å². The summed E-state index contributed by atoms with van der Waals surface area (Å²) in [6, 6.07) is 13.6. The first-order chi connectivity index (χ1) is 14.5. The molecule has 4 aromatic rings. The number of carbonyl (C=O) groups excluding carboxylic acids is 2. The molecule has 2 aromatic carbocycles. The molecule has 2 aromatic heterocycles. The van der Waals surface area contributed by atoms with Crippen LogP contribution in [0.2, 0.25) is 0 Å². The maximum atomic E-state index is 12.1. The molecule has 0 radical (unpaired) electrons. The Hall–Kier alpha value is -3.65. The second-order valence-corrected chi connectivity index (χ2v) is 7.77. The number of aromatic nitrogens is 3. The summed E-state index contributed by atoms with van der Waals surface area (Å²) in [5.41, 5.74) is 4.49. The van der Waals surface area contributed by atoms with Gasteiger partial charge >= 0.3 is 5.97 Å². The quantitative estimate of drug-likeness (QED) is 0.489. The van der Waals surface area contributed by atoms with E-state index in [1.807, 2.05) is 24.3 Å². The number of fused-ring (bicyclic) bond motifs is 1. The molecule has 0 spiro atoms. The van der Waals surface area contributed by atoms with E-state index < -0.39 is 18.5 Å². The highest BCUT2D eigenvalue weighted by molar-refractivity contribution is 7.21. The van der Waals surface area contributed by atoms with Crippen LogP contribution >= 0.6 is 11.3 Å². The van der Waals surface area contributed by atoms with Gasteiger partial charge in [0.1, 0.15) is 5.01 Å². The fraction of sp³-hybridized carbons (Fsp3) is 0.136. The maximum absolute atomic E-state index is 12.1. The SMILES string of the molecule is Cc1ccc2nc(-c3ccc(NC(=O)COC(=O)c4cnc(C)cn4)cc3)sc2c1. The highest BCUT2D eigenvalue weighted by atomic mass is 32.1. The number of thiazole rings is 1. The van der Waals surface area contributed by atoms with Crippen molar-refractivity contribution in [2.45, 2.75) is 13.8 Å². The summed E-state index contributed by atoms with van der Waals surface area (Å²) in [5.74, 6) is -1.13. The summed E-state index contributed by atoms with van der Waals surface area (Å²) >= 11 is 1.63. The Morgan fingerprint density at radius 3 is 2.57 bits per heavy atom. The van der Waals surface area contributed by atoms with Crippen molar-refractivity contribution >= 4 is 39.1 Å². The van der Waals surface area contributed by atoms with E-state index in [-0.39, 0.29) is 5.69 Å². The van der Waals surface area contributed by atoms with Crippen LogP contribution in [0.3, 0.4) is 0 Å². The Kier molecular flexibility index (Phi) is 5.49. The number of anilines is 1. The molecule has 0 atom stereocenters. The lowest BCUT2D eigenvalue weighted by Gasteiger charge is -2.07. The van der Waals surface area contributed by atoms with Crippen LogP contribution in [0, 0.1) is 13.8 Å². The zero-order valence-electron chi connectivity index (χ0n) is 16.4. The number of rotatable bonds is 5. The fourth-order valence-corrected chi connectivity index (χ4v) is 3.82. The number of hydrogen-bond acceptors (Lipinski definition) is 7. The number of aryl methyl sites for hydroxylation is 2. The van der Waals surface area contributed by atoms with Gasteiger partial charge in [0.05, 0.1) is 22.1 Å². The highest BCUT2D eigenvalue weighted by Crippen LogP contribution is 2.31. The van der Waals surface area contributed by atoms with Crippen molar-refractivity contribution in [3.8, 4) is 10.6 Å². The van der Waals surface area contributed by atoms with Gasteiger partial charge in [-0.1, -0.05) is 6.07 Å². The molecule has 4 rings (SSSR count). The van der Waals surface area contributed by atoms with Crippen LogP contribution in [0.4, 0.5) is 5.69 Å². The van der Waals surface area contributed by atoms with Gasteiger partial charge in [0, 0.05) is 17.4 Å². The lowest BCUT2D eigenvalue weighted by atomic mass is 10.2. The Bertz CT molecular complexity index is 1220. The fourth-order valence-electron chi connectivity index (χ4n) is 2.75. The van der Waals surface area contributed by atoms with Crippen molar-refractivity contribution in [2.75, 3.05) is 11.9 Å². The number of nitrogens with zero attached hydrogens (tertiary/aromatic N) is 3. The normalized spacial score (nSPS) is 10.7. The van der Waals surface area contributed by atoms with E-state index in [2.05, 4.69) is 33.3 Å². The Labute approximate surface area is 176 Å². The second-order valence-electron chi connectivity index (χ2n) is 6.73. The van der Waals surface area contributed by atoms with E-state index in [9.17, 15) is 9.59 Å². The van der Waals surface area contributed by atoms with E-state index in [1.54, 1.807) is 30.4 Å². The summed E-state index contributed by atoms with van der Waals surface area (Å²) in [6.07, 6.45) is 2.78. The molecule has 8 heteroatoms. The van der Waals surface area contributed by atoms with E-state index in [0.29, 0.717) is 11.4 Å². The van der Waals surface area contributed by atoms with Crippen LogP contribution in [0.5, 0.6) is 0 Å². The van der Waals surface area contributed by atoms with Crippen LogP contribution in [-0.2, 0) is 9.53 Å². The van der Waals surface area contributed by atoms with E-state index >= 15 is 0 Å². The molecule has 150 valence electrons. The zero-order valence-corrected chi connectivity index (χ0v) is 17.2. The predicted molar refractivity (Wildman–Crippen MR) is 115 cm³/mol. The Morgan fingerprint density at radius 1 is 1.03 bits per heavy atom. The van der Waals surface area contributed by atoms with Crippen LogP contribution < -0.4 is 5.32 Å². The molecule has 0 aliphatic carbocycles. The largest absolute Gasteiger partial charge is 0.451 e. The van der Waals surface area contributed by atoms with Gasteiger partial charge in [-0.05, 0) is 55.8 Å². The van der Waals surface area contributed by atoms with Crippen molar-refractivity contribution in [2.24, 2.45) is 0 Å². The van der Waals surface area contributed by atoms with Gasteiger partial charge < -0.3 is 10.1 Å². The lowest BCUT2D eigenvalue weighted by molar-refractivity contribution is -0.119. The molecule has 0 aliphatic rings. The molecule has 1 N–H and O–H groups in total. The van der Waals surface area contributed by atoms with Crippen molar-refractivity contribution in [3.05, 3.63) is 71.8 Å². The molecule has 0 bridgehead atoms. The Balaban J connectivity index is 1.36. The van der Waals surface area contributed by atoms with E-state index in [1.165, 1.54) is 18.0 Å². The average molecular weight is 418 g/mol. The van der Waals surface area contributed by atoms with Crippen LogP contribution in [-0.4, -0.2) is 33.4 Å². The highest BCUT2D eigenvalue weighted by Gasteiger charge is 2.12. The van der Waals surface area contributed by atoms with Crippen molar-refractivity contribution in [1.82, 2.24) is 15.0 Å². The smallest absolute Gasteiger partial charge is 0.359 e. The molecule has 30 heavy (non-hydrogen) atoms. The number of esters is 1. The number of benzene rings is 2. The van der Waals surface area contributed by atoms with Crippen molar-refractivity contribution in [3.63, 3.8) is 0 Å². The molecular formula is C22H18N4O3S. The first-order valence-corrected chi connectivity index (χ1v) is 10.0. The molecule has 2 heterocycles. The van der Waals surface area contributed by atoms with Crippen LogP contribution in [0.25, 0.3) is 20.8 Å². The molecular weight excluding hydrogens is 400 g/mol. The van der Waals surface area contributed by atoms with Crippen LogP contribution in [0.1, 0.15) is 21.7 Å². The number of nitrogens with one attached hydrogen (secondary N) is 1. The topological polar surface area (TPSA) is 94.1 Å². The summed E-state index contributed by atoms with van der Waals surface area (Å²) in [6.45, 7) is 3.41. The number of carbonyl (C=O) groups is 2. The first-order valence-electron chi connectivity index (χ1n) is 9.21. The van der Waals surface area contributed by atoms with Gasteiger partial charge in [-0.3, -0.25) is 9.78 Å². The van der Waals surface area contributed by atoms with Crippen molar-refractivity contribution < 1.29 is 14.3 Å². The summed E-state index contributed by atoms with van der Waals surface area (Å²) in [7, 11) is 0. The molecule has 0 saturated carbocycles. The van der Waals surface area contributed by atoms with Crippen LogP contribution in [0.15, 0.2) is 54.9 Å². The van der Waals surface area contributed by atoms with Gasteiger partial charge in [0.15, 0.2) is 12.3 Å². The molecule has 0 aliphatic heterocycles. The minimum absolute atomic E-state index is 0.0591. The molecule has 7 nitrogen and oxygen atoms in total. The number of amides is 1. The molecule has 0 fully saturated rings. The minimum atomic E-state index is -0.695. The van der Waals surface area contributed by atoms with Gasteiger partial charge in [-0.15, -0.1) is 11.3 Å². The minimum Gasteiger partial charge on any atom is -0.451 e. The number of ether oxygens (including phenoxy) is 1. The first kappa shape index (κ1) is 19.7. The summed E-state index contributed by atoms with van der Waals surface area (Å²) in [5, 5.41) is 3.62. The summed E-state index contributed by atoms with van der Waals surface area (Å²) < 4.78 is 6.12. The van der Waals surface area contributed by atoms with Crippen molar-refractivity contribution in [1.29, 1.82) is 0 Å². The van der Waals surface area contributed by atoms with Gasteiger partial charge in [0.25, 0.3) is 5.91 Å². The van der Waals surface area contributed by atoms with E-state index in [4.69, 9.17) is 4.74 Å². The zero-order chi connectivity index (χ0) is 21.1.